The van der Waals surface area contributed by atoms with Gasteiger partial charge in [-0.25, -0.2) is 0 Å². The minimum Gasteiger partial charge on any atom is -0.394 e. The third kappa shape index (κ3) is 5.09. The Morgan fingerprint density at radius 2 is 1.53 bits per heavy atom. The van der Waals surface area contributed by atoms with Gasteiger partial charge in [0.15, 0.2) is 0 Å². The van der Waals surface area contributed by atoms with Crippen LogP contribution in [0.5, 0.6) is 0 Å². The van der Waals surface area contributed by atoms with Gasteiger partial charge < -0.3 is 15.2 Å². The molecule has 104 valence electrons. The average Bonchev–Trinajstić information content (AvgIpc) is 2.13. The first-order valence-electron chi connectivity index (χ1n) is 4.51. The lowest BCUT2D eigenvalue weighted by atomic mass is 10.1. The normalized spacial score (nSPS) is 17.3. The minimum atomic E-state index is -5.54. The highest BCUT2D eigenvalue weighted by Crippen LogP contribution is 2.35. The van der Waals surface area contributed by atoms with Crippen LogP contribution in [-0.4, -0.2) is 49.4 Å². The van der Waals surface area contributed by atoms with Crippen LogP contribution in [0.15, 0.2) is 0 Å². The molecule has 0 aromatic carbocycles. The van der Waals surface area contributed by atoms with E-state index in [1.54, 1.807) is 0 Å². The van der Waals surface area contributed by atoms with Gasteiger partial charge in [0.05, 0.1) is 18.8 Å². The fraction of sp³-hybridized carbons (Fsp3) is 1.00. The van der Waals surface area contributed by atoms with Crippen LogP contribution >= 0.6 is 0 Å². The summed E-state index contributed by atoms with van der Waals surface area (Å²) in [6.45, 7) is -0.355. The molecule has 0 radical (unpaired) electrons. The number of aliphatic hydroxyl groups excluding tert-OH is 1. The second-order valence-electron chi connectivity index (χ2n) is 3.74. The number of nitrogens with one attached hydrogen (secondary N) is 1. The Morgan fingerprint density at radius 1 is 1.12 bits per heavy atom. The van der Waals surface area contributed by atoms with Crippen molar-refractivity contribution < 1.29 is 36.2 Å². The molecule has 0 heterocycles. The molecule has 3 nitrogen and oxygen atoms in total. The summed E-state index contributed by atoms with van der Waals surface area (Å²) in [5.74, 6) is 0. The zero-order chi connectivity index (χ0) is 13.9. The molecule has 2 N–H and O–H groups in total. The van der Waals surface area contributed by atoms with Gasteiger partial charge in [-0.1, -0.05) is 0 Å². The van der Waals surface area contributed by atoms with Crippen LogP contribution in [0.4, 0.5) is 26.3 Å². The Hall–Kier alpha value is -0.540. The van der Waals surface area contributed by atoms with Crippen LogP contribution < -0.4 is 5.32 Å². The van der Waals surface area contributed by atoms with E-state index < -0.39 is 37.2 Å². The van der Waals surface area contributed by atoms with Crippen molar-refractivity contribution in [2.24, 2.45) is 0 Å². The molecule has 0 aliphatic carbocycles. The number of alkyl halides is 6. The predicted molar refractivity (Wildman–Crippen MR) is 46.4 cm³/mol. The molecule has 1 unspecified atom stereocenters. The van der Waals surface area contributed by atoms with Gasteiger partial charge in [0.1, 0.15) is 0 Å². The highest BCUT2D eigenvalue weighted by molar-refractivity contribution is 4.83. The van der Waals surface area contributed by atoms with Crippen molar-refractivity contribution in [3.63, 3.8) is 0 Å². The summed E-state index contributed by atoms with van der Waals surface area (Å²) in [5, 5.41) is 11.2. The molecule has 17 heavy (non-hydrogen) atoms. The van der Waals surface area contributed by atoms with Gasteiger partial charge in [-0.3, -0.25) is 0 Å². The molecule has 0 saturated heterocycles. The molecular formula is C8H13F6NO2. The van der Waals surface area contributed by atoms with E-state index in [-0.39, 0.29) is 0 Å². The number of ether oxygens (including phenoxy) is 1. The Labute approximate surface area is 93.7 Å². The molecule has 0 saturated carbocycles. The summed E-state index contributed by atoms with van der Waals surface area (Å²) in [6, 6.07) is 0. The number of hydrogen-bond donors (Lipinski definition) is 2. The van der Waals surface area contributed by atoms with Gasteiger partial charge >= 0.3 is 12.4 Å². The highest BCUT2D eigenvalue weighted by atomic mass is 19.4. The molecule has 0 rings (SSSR count). The lowest BCUT2D eigenvalue weighted by Crippen LogP contribution is -2.52. The van der Waals surface area contributed by atoms with Gasteiger partial charge in [-0.15, -0.1) is 0 Å². The first-order chi connectivity index (χ1) is 7.46. The number of aliphatic hydroxyl groups is 1. The van der Waals surface area contributed by atoms with E-state index in [4.69, 9.17) is 5.11 Å². The van der Waals surface area contributed by atoms with E-state index >= 15 is 0 Å². The number of rotatable bonds is 5. The lowest BCUT2D eigenvalue weighted by molar-refractivity contribution is -0.324. The molecule has 0 amide bonds. The summed E-state index contributed by atoms with van der Waals surface area (Å²) in [7, 11) is 1.29. The second kappa shape index (κ2) is 5.40. The van der Waals surface area contributed by atoms with E-state index in [0.29, 0.717) is 0 Å². The summed E-state index contributed by atoms with van der Waals surface area (Å²) >= 11 is 0. The summed E-state index contributed by atoms with van der Waals surface area (Å²) in [5.41, 5.74) is -1.37. The maximum Gasteiger partial charge on any atom is 0.423 e. The van der Waals surface area contributed by atoms with Crippen LogP contribution in [0.1, 0.15) is 6.92 Å². The quantitative estimate of drug-likeness (QED) is 0.743. The maximum absolute atomic E-state index is 12.1. The van der Waals surface area contributed by atoms with Crippen molar-refractivity contribution in [1.82, 2.24) is 5.32 Å². The Morgan fingerprint density at radius 3 is 1.76 bits per heavy atom. The highest BCUT2D eigenvalue weighted by Gasteiger charge is 2.58. The Bertz CT molecular complexity index is 221. The van der Waals surface area contributed by atoms with Crippen LogP contribution in [0.3, 0.4) is 0 Å². The monoisotopic (exact) mass is 269 g/mol. The first kappa shape index (κ1) is 16.5. The van der Waals surface area contributed by atoms with Gasteiger partial charge in [-0.2, -0.15) is 26.3 Å². The van der Waals surface area contributed by atoms with Crippen molar-refractivity contribution >= 4 is 0 Å². The third-order valence-electron chi connectivity index (χ3n) is 2.12. The zero-order valence-electron chi connectivity index (χ0n) is 9.11. The van der Waals surface area contributed by atoms with Crippen molar-refractivity contribution in [3.8, 4) is 0 Å². The van der Waals surface area contributed by atoms with Crippen LogP contribution in [0.25, 0.3) is 0 Å². The van der Waals surface area contributed by atoms with Crippen molar-refractivity contribution in [3.05, 3.63) is 0 Å². The molecule has 0 aliphatic rings. The third-order valence-corrected chi connectivity index (χ3v) is 2.12. The maximum atomic E-state index is 12.1. The lowest BCUT2D eigenvalue weighted by Gasteiger charge is -2.30. The van der Waals surface area contributed by atoms with Crippen LogP contribution in [0, 0.1) is 0 Å². The van der Waals surface area contributed by atoms with E-state index in [1.165, 1.54) is 14.0 Å². The Balaban J connectivity index is 4.70. The molecule has 0 aromatic rings. The summed E-state index contributed by atoms with van der Waals surface area (Å²) in [6.07, 6.45) is -14.9. The van der Waals surface area contributed by atoms with Gasteiger partial charge in [-0.05, 0) is 14.0 Å². The number of halogens is 6. The summed E-state index contributed by atoms with van der Waals surface area (Å²) in [4.78, 5) is 0. The van der Waals surface area contributed by atoms with Gasteiger partial charge in [0.2, 0.25) is 6.10 Å². The smallest absolute Gasteiger partial charge is 0.394 e. The topological polar surface area (TPSA) is 41.5 Å². The van der Waals surface area contributed by atoms with E-state index in [2.05, 4.69) is 10.1 Å². The molecule has 0 aliphatic heterocycles. The van der Waals surface area contributed by atoms with Crippen molar-refractivity contribution in [1.29, 1.82) is 0 Å². The Kier molecular flexibility index (Phi) is 5.23. The van der Waals surface area contributed by atoms with Crippen molar-refractivity contribution in [2.45, 2.75) is 30.9 Å². The number of hydrogen-bond acceptors (Lipinski definition) is 3. The van der Waals surface area contributed by atoms with Gasteiger partial charge in [0, 0.05) is 0 Å². The predicted octanol–water partition coefficient (Wildman–Crippen LogP) is 1.47. The summed E-state index contributed by atoms with van der Waals surface area (Å²) < 4.78 is 76.3. The molecule has 1 atom stereocenters. The number of likely N-dealkylation sites (N-methyl/N-ethyl adjacent to an activating group) is 1. The van der Waals surface area contributed by atoms with Crippen LogP contribution in [-0.2, 0) is 4.74 Å². The molecule has 0 spiro atoms. The molecule has 0 bridgehead atoms. The first-order valence-corrected chi connectivity index (χ1v) is 4.51. The van der Waals surface area contributed by atoms with E-state index in [1.807, 2.05) is 0 Å². The standard InChI is InChI=1S/C8H13F6NO2/c1-6(3-16,15-2)4-17-5(7(9,10)11)8(12,13)14/h5,15-16H,3-4H2,1-2H3. The molecule has 9 heteroatoms. The average molecular weight is 269 g/mol. The fourth-order valence-electron chi connectivity index (χ4n) is 0.839. The van der Waals surface area contributed by atoms with Crippen molar-refractivity contribution in [2.75, 3.05) is 20.3 Å². The molecule has 0 fully saturated rings. The minimum absolute atomic E-state index is 0.661. The second-order valence-corrected chi connectivity index (χ2v) is 3.74. The zero-order valence-corrected chi connectivity index (χ0v) is 9.11. The van der Waals surface area contributed by atoms with E-state index in [9.17, 15) is 26.3 Å². The SMILES string of the molecule is CNC(C)(CO)COC(C(F)(F)F)C(F)(F)F. The molecule has 0 aromatic heterocycles. The van der Waals surface area contributed by atoms with Gasteiger partial charge in [0.25, 0.3) is 0 Å². The van der Waals surface area contributed by atoms with E-state index in [0.717, 1.165) is 0 Å². The fourth-order valence-corrected chi connectivity index (χ4v) is 0.839. The largest absolute Gasteiger partial charge is 0.423 e. The van der Waals surface area contributed by atoms with Crippen LogP contribution in [0.2, 0.25) is 0 Å². The molecular weight excluding hydrogens is 256 g/mol.